The van der Waals surface area contributed by atoms with E-state index in [0.29, 0.717) is 36.1 Å². The van der Waals surface area contributed by atoms with Gasteiger partial charge in [0.15, 0.2) is 0 Å². The van der Waals surface area contributed by atoms with E-state index in [-0.39, 0.29) is 41.9 Å². The number of hydrogen-bond acceptors (Lipinski definition) is 9. The third-order valence-corrected chi connectivity index (χ3v) is 12.2. The van der Waals surface area contributed by atoms with Crippen LogP contribution in [-0.2, 0) is 20.7 Å². The fourth-order valence-corrected chi connectivity index (χ4v) is 8.55. The standard InChI is InChI=1S/C47H62N8O5/c1-7-55(6)40-23-21-39(22-24-40)49-44(57)36-18-25-41(30(2)26-36)33-12-8-31(9-13-33)27-37(45(58)50-38-19-16-35(17-20-38)43-51-53-54-52-43)28-42(56)34-14-10-32(11-15-34)29-48-46(59)60-47(3,4)5/h8-9,12-13,16-20,25-26,32,34,37,39-40H,7,10-11,14-15,21-24,27-29H2,1-6H3,(H,48,59)(H,49,57)(H,50,58)(H,51,52,53,54)/t32?,34?,37-,39?,40?/m1/s1. The van der Waals surface area contributed by atoms with Gasteiger partial charge < -0.3 is 25.6 Å². The third kappa shape index (κ3) is 12.3. The highest BCUT2D eigenvalue weighted by atomic mass is 16.6. The van der Waals surface area contributed by atoms with Gasteiger partial charge in [-0.1, -0.05) is 37.3 Å². The number of carbonyl (C=O) groups is 4. The summed E-state index contributed by atoms with van der Waals surface area (Å²) in [6.07, 6.45) is 7.35. The van der Waals surface area contributed by atoms with E-state index < -0.39 is 17.6 Å². The number of benzene rings is 3. The number of aryl methyl sites for hydroxylation is 1. The molecule has 320 valence electrons. The zero-order chi connectivity index (χ0) is 42.8. The summed E-state index contributed by atoms with van der Waals surface area (Å²) in [6, 6.07) is 22.0. The number of tetrazole rings is 1. The summed E-state index contributed by atoms with van der Waals surface area (Å²) in [4.78, 5) is 55.6. The molecule has 1 aromatic heterocycles. The van der Waals surface area contributed by atoms with Crippen molar-refractivity contribution in [3.8, 4) is 22.5 Å². The number of ketones is 1. The van der Waals surface area contributed by atoms with Crippen molar-refractivity contribution in [1.29, 1.82) is 0 Å². The molecule has 1 atom stereocenters. The quantitative estimate of drug-likeness (QED) is 0.0930. The smallest absolute Gasteiger partial charge is 0.407 e. The largest absolute Gasteiger partial charge is 0.444 e. The number of aromatic nitrogens is 4. The molecule has 6 rings (SSSR count). The Morgan fingerprint density at radius 3 is 2.18 bits per heavy atom. The van der Waals surface area contributed by atoms with Gasteiger partial charge >= 0.3 is 6.09 Å². The molecule has 2 aliphatic carbocycles. The summed E-state index contributed by atoms with van der Waals surface area (Å²) in [5.74, 6) is -0.156. The van der Waals surface area contributed by atoms with E-state index in [0.717, 1.165) is 85.7 Å². The summed E-state index contributed by atoms with van der Waals surface area (Å²) in [6.45, 7) is 11.3. The maximum atomic E-state index is 14.0. The van der Waals surface area contributed by atoms with Crippen molar-refractivity contribution in [2.75, 3.05) is 25.5 Å². The average molecular weight is 819 g/mol. The predicted octanol–water partition coefficient (Wildman–Crippen LogP) is 7.92. The van der Waals surface area contributed by atoms with Crippen molar-refractivity contribution < 1.29 is 23.9 Å². The van der Waals surface area contributed by atoms with Crippen LogP contribution in [-0.4, -0.2) is 87.0 Å². The maximum Gasteiger partial charge on any atom is 0.407 e. The van der Waals surface area contributed by atoms with E-state index in [1.807, 2.05) is 82.3 Å². The van der Waals surface area contributed by atoms with Gasteiger partial charge in [0.05, 0.1) is 0 Å². The van der Waals surface area contributed by atoms with Crippen LogP contribution in [0.2, 0.25) is 0 Å². The van der Waals surface area contributed by atoms with Crippen molar-refractivity contribution in [2.45, 2.75) is 117 Å². The third-order valence-electron chi connectivity index (χ3n) is 12.2. The number of H-pyrrole nitrogens is 1. The first-order chi connectivity index (χ1) is 28.7. The number of ether oxygens (including phenoxy) is 1. The van der Waals surface area contributed by atoms with Crippen LogP contribution in [0.15, 0.2) is 66.7 Å². The van der Waals surface area contributed by atoms with Gasteiger partial charge in [-0.05, 0) is 169 Å². The summed E-state index contributed by atoms with van der Waals surface area (Å²) >= 11 is 0. The maximum absolute atomic E-state index is 14.0. The number of amides is 3. The lowest BCUT2D eigenvalue weighted by molar-refractivity contribution is -0.129. The van der Waals surface area contributed by atoms with Gasteiger partial charge in [-0.3, -0.25) is 14.4 Å². The first-order valence-electron chi connectivity index (χ1n) is 21.6. The van der Waals surface area contributed by atoms with E-state index >= 15 is 0 Å². The van der Waals surface area contributed by atoms with Crippen LogP contribution in [0, 0.1) is 24.7 Å². The lowest BCUT2D eigenvalue weighted by atomic mass is 9.77. The first-order valence-corrected chi connectivity index (χ1v) is 21.6. The molecule has 0 radical (unpaired) electrons. The van der Waals surface area contributed by atoms with Gasteiger partial charge in [0.2, 0.25) is 11.7 Å². The fraction of sp³-hybridized carbons (Fsp3) is 0.511. The SMILES string of the molecule is CCN(C)C1CCC(NC(=O)c2ccc(-c3ccc(C[C@H](CC(=O)C4CCC(CNC(=O)OC(C)(C)C)CC4)C(=O)Nc4ccc(-c5nn[nH]n5)cc4)cc3)c(C)c2)CC1. The summed E-state index contributed by atoms with van der Waals surface area (Å²) in [5.41, 5.74) is 5.47. The second-order valence-electron chi connectivity index (χ2n) is 17.8. The Balaban J connectivity index is 1.08. The Bertz CT molecular complexity index is 2050. The van der Waals surface area contributed by atoms with Gasteiger partial charge in [0, 0.05) is 53.7 Å². The summed E-state index contributed by atoms with van der Waals surface area (Å²) in [7, 11) is 2.17. The number of rotatable bonds is 15. The van der Waals surface area contributed by atoms with Gasteiger partial charge in [-0.2, -0.15) is 5.21 Å². The lowest BCUT2D eigenvalue weighted by Crippen LogP contribution is -2.42. The molecule has 3 amide bonds. The second kappa shape index (κ2) is 20.2. The zero-order valence-corrected chi connectivity index (χ0v) is 36.1. The molecule has 2 fully saturated rings. The van der Waals surface area contributed by atoms with Crippen LogP contribution in [0.1, 0.15) is 107 Å². The number of alkyl carbamates (subject to hydrolysis) is 1. The number of anilines is 1. The van der Waals surface area contributed by atoms with Crippen LogP contribution in [0.4, 0.5) is 10.5 Å². The topological polar surface area (TPSA) is 171 Å². The predicted molar refractivity (Wildman–Crippen MR) is 233 cm³/mol. The van der Waals surface area contributed by atoms with Crippen LogP contribution in [0.5, 0.6) is 0 Å². The number of hydrogen-bond donors (Lipinski definition) is 4. The monoisotopic (exact) mass is 818 g/mol. The Kier molecular flexibility index (Phi) is 14.9. The minimum atomic E-state index is -0.589. The van der Waals surface area contributed by atoms with E-state index in [1.54, 1.807) is 12.1 Å². The van der Waals surface area contributed by atoms with Gasteiger partial charge in [-0.15, -0.1) is 10.2 Å². The molecule has 3 aromatic carbocycles. The Hall–Kier alpha value is -5.43. The van der Waals surface area contributed by atoms with Gasteiger partial charge in [-0.25, -0.2) is 4.79 Å². The van der Waals surface area contributed by atoms with E-state index in [1.165, 1.54) is 0 Å². The number of aromatic amines is 1. The van der Waals surface area contributed by atoms with Crippen LogP contribution in [0.3, 0.4) is 0 Å². The Morgan fingerprint density at radius 2 is 1.57 bits per heavy atom. The van der Waals surface area contributed by atoms with E-state index in [2.05, 4.69) is 55.4 Å². The second-order valence-corrected chi connectivity index (χ2v) is 17.8. The molecular weight excluding hydrogens is 757 g/mol. The molecule has 0 unspecified atom stereocenters. The highest BCUT2D eigenvalue weighted by Gasteiger charge is 2.31. The molecule has 1 heterocycles. The normalized spacial score (nSPS) is 19.9. The molecular formula is C47H62N8O5. The molecule has 13 heteroatoms. The molecule has 4 aromatic rings. The van der Waals surface area contributed by atoms with Crippen LogP contribution >= 0.6 is 0 Å². The van der Waals surface area contributed by atoms with Crippen molar-refractivity contribution in [2.24, 2.45) is 17.8 Å². The molecule has 0 spiro atoms. The molecule has 0 saturated heterocycles. The number of nitrogens with one attached hydrogen (secondary N) is 4. The number of Topliss-reactive ketones (excluding diaryl/α,β-unsaturated/α-hetero) is 1. The summed E-state index contributed by atoms with van der Waals surface area (Å²) in [5, 5.41) is 23.3. The summed E-state index contributed by atoms with van der Waals surface area (Å²) < 4.78 is 5.38. The zero-order valence-electron chi connectivity index (χ0n) is 36.1. The lowest BCUT2D eigenvalue weighted by Gasteiger charge is -2.34. The molecule has 0 bridgehead atoms. The van der Waals surface area contributed by atoms with Crippen molar-refractivity contribution in [3.05, 3.63) is 83.4 Å². The molecule has 0 aliphatic heterocycles. The molecule has 2 aliphatic rings. The van der Waals surface area contributed by atoms with Gasteiger partial charge in [0.25, 0.3) is 5.91 Å². The van der Waals surface area contributed by atoms with Crippen LogP contribution in [0.25, 0.3) is 22.5 Å². The average Bonchev–Trinajstić information content (AvgIpc) is 3.78. The number of nitrogens with zero attached hydrogens (tertiary/aromatic N) is 4. The van der Waals surface area contributed by atoms with Crippen LogP contribution < -0.4 is 16.0 Å². The van der Waals surface area contributed by atoms with E-state index in [4.69, 9.17) is 4.74 Å². The van der Waals surface area contributed by atoms with Crippen molar-refractivity contribution in [1.82, 2.24) is 36.2 Å². The Labute approximate surface area is 354 Å². The molecule has 2 saturated carbocycles. The van der Waals surface area contributed by atoms with E-state index in [9.17, 15) is 19.2 Å². The number of carbonyl (C=O) groups excluding carboxylic acids is 4. The minimum absolute atomic E-state index is 0.0303. The molecule has 60 heavy (non-hydrogen) atoms. The fourth-order valence-electron chi connectivity index (χ4n) is 8.55. The highest BCUT2D eigenvalue weighted by Crippen LogP contribution is 2.32. The van der Waals surface area contributed by atoms with Crippen molar-refractivity contribution >= 4 is 29.4 Å². The molecule has 13 nitrogen and oxygen atoms in total. The first kappa shape index (κ1) is 44.1. The minimum Gasteiger partial charge on any atom is -0.444 e. The highest BCUT2D eigenvalue weighted by molar-refractivity contribution is 5.96. The van der Waals surface area contributed by atoms with Gasteiger partial charge in [0.1, 0.15) is 11.4 Å². The Morgan fingerprint density at radius 1 is 0.883 bits per heavy atom. The van der Waals surface area contributed by atoms with Crippen molar-refractivity contribution in [3.63, 3.8) is 0 Å². The molecule has 4 N–H and O–H groups in total.